The summed E-state index contributed by atoms with van der Waals surface area (Å²) >= 11 is 0. The van der Waals surface area contributed by atoms with E-state index in [1.165, 1.54) is 17.2 Å². The summed E-state index contributed by atoms with van der Waals surface area (Å²) in [6.07, 6.45) is 4.51. The number of rotatable bonds is 3. The largest absolute Gasteiger partial charge is 0.396 e. The maximum absolute atomic E-state index is 12.1. The highest BCUT2D eigenvalue weighted by molar-refractivity contribution is 5.94. The fourth-order valence-corrected chi connectivity index (χ4v) is 2.01. The van der Waals surface area contributed by atoms with Crippen molar-refractivity contribution in [1.29, 1.82) is 0 Å². The molecular weight excluding hydrogens is 246 g/mol. The lowest BCUT2D eigenvalue weighted by molar-refractivity contribution is 0.0361. The molecule has 0 saturated carbocycles. The first kappa shape index (κ1) is 11.8. The zero-order valence-corrected chi connectivity index (χ0v) is 10.2. The molecule has 1 saturated heterocycles. The van der Waals surface area contributed by atoms with Crippen molar-refractivity contribution < 1.29 is 9.90 Å². The summed E-state index contributed by atoms with van der Waals surface area (Å²) in [6.45, 7) is 1.35. The number of pyridine rings is 1. The summed E-state index contributed by atoms with van der Waals surface area (Å²) in [6, 6.07) is 3.45. The van der Waals surface area contributed by atoms with Crippen LogP contribution in [0.5, 0.6) is 0 Å². The molecule has 2 aromatic rings. The Labute approximate surface area is 109 Å². The first-order valence-corrected chi connectivity index (χ1v) is 5.99. The zero-order chi connectivity index (χ0) is 13.2. The van der Waals surface area contributed by atoms with Crippen molar-refractivity contribution in [2.75, 3.05) is 19.7 Å². The molecule has 1 aliphatic heterocycles. The van der Waals surface area contributed by atoms with Gasteiger partial charge in [0.2, 0.25) is 0 Å². The lowest BCUT2D eigenvalue weighted by Crippen LogP contribution is -2.51. The fraction of sp³-hybridized carbons (Fsp3) is 0.333. The lowest BCUT2D eigenvalue weighted by Gasteiger charge is -2.38. The van der Waals surface area contributed by atoms with Crippen LogP contribution in [0.4, 0.5) is 0 Å². The van der Waals surface area contributed by atoms with E-state index in [0.29, 0.717) is 24.5 Å². The topological polar surface area (TPSA) is 84.1 Å². The number of hydrogen-bond acceptors (Lipinski definition) is 5. The van der Waals surface area contributed by atoms with E-state index in [9.17, 15) is 4.79 Å². The molecule has 19 heavy (non-hydrogen) atoms. The highest BCUT2D eigenvalue weighted by Crippen LogP contribution is 2.18. The van der Waals surface area contributed by atoms with Gasteiger partial charge in [-0.15, -0.1) is 0 Å². The van der Waals surface area contributed by atoms with Crippen molar-refractivity contribution in [3.05, 3.63) is 36.5 Å². The van der Waals surface area contributed by atoms with Crippen LogP contribution < -0.4 is 0 Å². The Hall–Kier alpha value is -2.28. The molecule has 1 fully saturated rings. The summed E-state index contributed by atoms with van der Waals surface area (Å²) in [5, 5.41) is 12.9. The maximum atomic E-state index is 12.1. The van der Waals surface area contributed by atoms with Crippen LogP contribution in [-0.2, 0) is 0 Å². The monoisotopic (exact) mass is 259 g/mol. The van der Waals surface area contributed by atoms with Crippen molar-refractivity contribution in [2.24, 2.45) is 5.92 Å². The summed E-state index contributed by atoms with van der Waals surface area (Å²) in [5.74, 6) is 0.777. The molecule has 7 nitrogen and oxygen atoms in total. The summed E-state index contributed by atoms with van der Waals surface area (Å²) < 4.78 is 1.53. The molecular formula is C12H13N5O2. The van der Waals surface area contributed by atoms with Crippen molar-refractivity contribution in [1.82, 2.24) is 24.6 Å². The highest BCUT2D eigenvalue weighted by Gasteiger charge is 2.30. The van der Waals surface area contributed by atoms with Gasteiger partial charge in [0.1, 0.15) is 12.7 Å². The van der Waals surface area contributed by atoms with E-state index in [2.05, 4.69) is 15.1 Å². The number of aliphatic hydroxyl groups is 1. The third kappa shape index (κ3) is 2.19. The quantitative estimate of drug-likeness (QED) is 0.820. The first-order chi connectivity index (χ1) is 9.28. The third-order valence-corrected chi connectivity index (χ3v) is 3.15. The van der Waals surface area contributed by atoms with Crippen LogP contribution in [0, 0.1) is 5.92 Å². The Morgan fingerprint density at radius 3 is 2.84 bits per heavy atom. The van der Waals surface area contributed by atoms with Gasteiger partial charge >= 0.3 is 0 Å². The predicted molar refractivity (Wildman–Crippen MR) is 65.6 cm³/mol. The Bertz CT molecular complexity index is 560. The number of aromatic nitrogens is 4. The maximum Gasteiger partial charge on any atom is 0.255 e. The minimum Gasteiger partial charge on any atom is -0.396 e. The minimum atomic E-state index is -0.0534. The molecule has 0 aromatic carbocycles. The van der Waals surface area contributed by atoms with Crippen LogP contribution in [-0.4, -0.2) is 55.4 Å². The SMILES string of the molecule is O=C(c1ccc(-n2cncn2)nc1)N1CC(CO)C1. The summed E-state index contributed by atoms with van der Waals surface area (Å²) in [4.78, 5) is 21.8. The number of likely N-dealkylation sites (tertiary alicyclic amines) is 1. The Balaban J connectivity index is 1.71. The molecule has 1 amide bonds. The molecule has 0 bridgehead atoms. The number of amides is 1. The number of aliphatic hydroxyl groups excluding tert-OH is 1. The third-order valence-electron chi connectivity index (χ3n) is 3.15. The Morgan fingerprint density at radius 1 is 1.42 bits per heavy atom. The Morgan fingerprint density at radius 2 is 2.26 bits per heavy atom. The van der Waals surface area contributed by atoms with Crippen LogP contribution >= 0.6 is 0 Å². The van der Waals surface area contributed by atoms with Gasteiger partial charge in [-0.2, -0.15) is 5.10 Å². The molecule has 98 valence electrons. The van der Waals surface area contributed by atoms with E-state index in [1.54, 1.807) is 23.4 Å². The van der Waals surface area contributed by atoms with Crippen molar-refractivity contribution in [3.8, 4) is 5.82 Å². The van der Waals surface area contributed by atoms with E-state index in [-0.39, 0.29) is 18.4 Å². The van der Waals surface area contributed by atoms with Gasteiger partial charge in [0.15, 0.2) is 5.82 Å². The van der Waals surface area contributed by atoms with Crippen molar-refractivity contribution in [3.63, 3.8) is 0 Å². The van der Waals surface area contributed by atoms with Crippen LogP contribution in [0.2, 0.25) is 0 Å². The molecule has 1 N–H and O–H groups in total. The van der Waals surface area contributed by atoms with Gasteiger partial charge in [0.05, 0.1) is 5.56 Å². The number of nitrogens with zero attached hydrogens (tertiary/aromatic N) is 5. The van der Waals surface area contributed by atoms with Crippen LogP contribution in [0.3, 0.4) is 0 Å². The number of carbonyl (C=O) groups is 1. The van der Waals surface area contributed by atoms with E-state index in [1.807, 2.05) is 0 Å². The van der Waals surface area contributed by atoms with Crippen LogP contribution in [0.1, 0.15) is 10.4 Å². The molecule has 1 aliphatic rings. The second-order valence-electron chi connectivity index (χ2n) is 4.50. The smallest absolute Gasteiger partial charge is 0.255 e. The van der Waals surface area contributed by atoms with Gasteiger partial charge in [0.25, 0.3) is 5.91 Å². The second kappa shape index (κ2) is 4.77. The normalized spacial score (nSPS) is 15.3. The Kier molecular flexibility index (Phi) is 2.96. The molecule has 0 unspecified atom stereocenters. The summed E-state index contributed by atoms with van der Waals surface area (Å²) in [7, 11) is 0. The van der Waals surface area contributed by atoms with E-state index in [0.717, 1.165) is 0 Å². The van der Waals surface area contributed by atoms with Crippen molar-refractivity contribution >= 4 is 5.91 Å². The molecule has 0 atom stereocenters. The van der Waals surface area contributed by atoms with Gasteiger partial charge in [-0.1, -0.05) is 0 Å². The molecule has 7 heteroatoms. The van der Waals surface area contributed by atoms with Crippen LogP contribution in [0.25, 0.3) is 5.82 Å². The van der Waals surface area contributed by atoms with Crippen molar-refractivity contribution in [2.45, 2.75) is 0 Å². The average Bonchev–Trinajstić information content (AvgIpc) is 2.91. The average molecular weight is 259 g/mol. The standard InChI is InChI=1S/C12H13N5O2/c18-6-9-4-16(5-9)12(19)10-1-2-11(14-3-10)17-8-13-7-15-17/h1-3,7-9,18H,4-6H2. The molecule has 3 rings (SSSR count). The van der Waals surface area contributed by atoms with E-state index in [4.69, 9.17) is 5.11 Å². The van der Waals surface area contributed by atoms with E-state index < -0.39 is 0 Å². The second-order valence-corrected chi connectivity index (χ2v) is 4.50. The molecule has 0 spiro atoms. The lowest BCUT2D eigenvalue weighted by atomic mass is 10.0. The minimum absolute atomic E-state index is 0.0534. The molecule has 0 aliphatic carbocycles. The number of carbonyl (C=O) groups excluding carboxylic acids is 1. The fourth-order valence-electron chi connectivity index (χ4n) is 2.01. The van der Waals surface area contributed by atoms with Crippen LogP contribution in [0.15, 0.2) is 31.0 Å². The van der Waals surface area contributed by atoms with Gasteiger partial charge in [-0.05, 0) is 12.1 Å². The first-order valence-electron chi connectivity index (χ1n) is 5.99. The van der Waals surface area contributed by atoms with E-state index >= 15 is 0 Å². The highest BCUT2D eigenvalue weighted by atomic mass is 16.3. The van der Waals surface area contributed by atoms with Gasteiger partial charge in [0, 0.05) is 31.8 Å². The molecule has 3 heterocycles. The number of hydrogen-bond donors (Lipinski definition) is 1. The van der Waals surface area contributed by atoms with Gasteiger partial charge in [-0.25, -0.2) is 14.6 Å². The van der Waals surface area contributed by atoms with Gasteiger partial charge in [-0.3, -0.25) is 4.79 Å². The molecule has 0 radical (unpaired) electrons. The van der Waals surface area contributed by atoms with Gasteiger partial charge < -0.3 is 10.0 Å². The summed E-state index contributed by atoms with van der Waals surface area (Å²) in [5.41, 5.74) is 0.542. The predicted octanol–water partition coefficient (Wildman–Crippen LogP) is -0.273. The molecule has 2 aromatic heterocycles. The zero-order valence-electron chi connectivity index (χ0n) is 10.2.